The van der Waals surface area contributed by atoms with E-state index in [0.29, 0.717) is 18.7 Å². The monoisotopic (exact) mass is 393 g/mol. The summed E-state index contributed by atoms with van der Waals surface area (Å²) in [4.78, 5) is 16.6. The fourth-order valence-electron chi connectivity index (χ4n) is 3.01. The van der Waals surface area contributed by atoms with E-state index in [4.69, 9.17) is 4.74 Å². The Bertz CT molecular complexity index is 918. The second kappa shape index (κ2) is 8.01. The predicted octanol–water partition coefficient (Wildman–Crippen LogP) is 1.70. The third kappa shape index (κ3) is 4.25. The molecule has 7 nitrogen and oxygen atoms in total. The molecule has 1 fully saturated rings. The molecule has 27 heavy (non-hydrogen) atoms. The first-order valence-electron chi connectivity index (χ1n) is 8.46. The Balaban J connectivity index is 1.71. The second-order valence-electron chi connectivity index (χ2n) is 6.15. The van der Waals surface area contributed by atoms with Gasteiger partial charge in [0.25, 0.3) is 0 Å². The lowest BCUT2D eigenvalue weighted by Gasteiger charge is -2.23. The van der Waals surface area contributed by atoms with Crippen LogP contribution >= 0.6 is 0 Å². The molecule has 1 unspecified atom stereocenters. The number of carbonyl (C=O) groups is 1. The lowest BCUT2D eigenvalue weighted by atomic mass is 10.2. The maximum Gasteiger partial charge on any atom is 0.243 e. The van der Waals surface area contributed by atoms with Gasteiger partial charge in [0.15, 0.2) is 0 Å². The van der Waals surface area contributed by atoms with Crippen LogP contribution in [0.5, 0.6) is 5.88 Å². The molecular formula is C18H20FN3O4S. The fourth-order valence-corrected chi connectivity index (χ4v) is 4.67. The minimum absolute atomic E-state index is 0.0255. The largest absolute Gasteiger partial charge is 0.481 e. The molecule has 1 aliphatic heterocycles. The Morgan fingerprint density at radius 3 is 2.78 bits per heavy atom. The third-order valence-corrected chi connectivity index (χ3v) is 6.32. The van der Waals surface area contributed by atoms with E-state index in [9.17, 15) is 17.6 Å². The van der Waals surface area contributed by atoms with Gasteiger partial charge in [-0.25, -0.2) is 17.8 Å². The number of aromatic nitrogens is 1. The van der Waals surface area contributed by atoms with Crippen molar-refractivity contribution in [3.05, 3.63) is 54.0 Å². The number of nitrogens with zero attached hydrogens (tertiary/aromatic N) is 2. The first-order chi connectivity index (χ1) is 12.9. The summed E-state index contributed by atoms with van der Waals surface area (Å²) in [5, 5.41) is 2.77. The Kier molecular flexibility index (Phi) is 5.71. The van der Waals surface area contributed by atoms with Crippen LogP contribution in [0.25, 0.3) is 0 Å². The Morgan fingerprint density at radius 2 is 2.07 bits per heavy atom. The number of nitrogens with one attached hydrogen (secondary N) is 1. The van der Waals surface area contributed by atoms with Crippen LogP contribution in [-0.2, 0) is 21.4 Å². The van der Waals surface area contributed by atoms with E-state index in [-0.39, 0.29) is 23.9 Å². The summed E-state index contributed by atoms with van der Waals surface area (Å²) in [5.41, 5.74) is 0.793. The number of sulfonamides is 1. The maximum atomic E-state index is 13.1. The van der Waals surface area contributed by atoms with Gasteiger partial charge in [0, 0.05) is 25.4 Å². The van der Waals surface area contributed by atoms with Gasteiger partial charge in [-0.3, -0.25) is 4.79 Å². The van der Waals surface area contributed by atoms with Crippen molar-refractivity contribution >= 4 is 15.9 Å². The molecule has 1 aromatic carbocycles. The van der Waals surface area contributed by atoms with Crippen molar-refractivity contribution in [2.24, 2.45) is 0 Å². The molecule has 1 aromatic heterocycles. The van der Waals surface area contributed by atoms with E-state index in [1.165, 1.54) is 23.5 Å². The van der Waals surface area contributed by atoms with Gasteiger partial charge in [-0.2, -0.15) is 4.31 Å². The highest BCUT2D eigenvalue weighted by molar-refractivity contribution is 7.89. The normalized spacial score (nSPS) is 17.6. The summed E-state index contributed by atoms with van der Waals surface area (Å²) in [6.45, 7) is 0.486. The van der Waals surface area contributed by atoms with Crippen molar-refractivity contribution < 1.29 is 22.3 Å². The fraction of sp³-hybridized carbons (Fsp3) is 0.333. The number of benzene rings is 1. The van der Waals surface area contributed by atoms with Gasteiger partial charge in [0.1, 0.15) is 11.9 Å². The average Bonchev–Trinajstić information content (AvgIpc) is 3.17. The van der Waals surface area contributed by atoms with Gasteiger partial charge < -0.3 is 10.1 Å². The van der Waals surface area contributed by atoms with Crippen molar-refractivity contribution in [2.75, 3.05) is 13.7 Å². The smallest absolute Gasteiger partial charge is 0.243 e. The molecule has 3 rings (SSSR count). The number of hydrogen-bond acceptors (Lipinski definition) is 5. The standard InChI is InChI=1S/C18H20FN3O4S/c1-26-17-11-13(8-9-20-17)12-21-18(23)16-3-2-10-22(16)27(24,25)15-6-4-14(19)5-7-15/h4-9,11,16H,2-3,10,12H2,1H3,(H,21,23). The number of methoxy groups -OCH3 is 1. The molecule has 144 valence electrons. The second-order valence-corrected chi connectivity index (χ2v) is 8.04. The number of ether oxygens (including phenoxy) is 1. The van der Waals surface area contributed by atoms with Crippen molar-refractivity contribution in [3.63, 3.8) is 0 Å². The molecule has 1 saturated heterocycles. The van der Waals surface area contributed by atoms with Crippen LogP contribution in [0.2, 0.25) is 0 Å². The zero-order valence-electron chi connectivity index (χ0n) is 14.8. The van der Waals surface area contributed by atoms with Gasteiger partial charge in [0.2, 0.25) is 21.8 Å². The highest BCUT2D eigenvalue weighted by Gasteiger charge is 2.39. The molecule has 1 atom stereocenters. The summed E-state index contributed by atoms with van der Waals surface area (Å²) in [6.07, 6.45) is 2.59. The predicted molar refractivity (Wildman–Crippen MR) is 95.9 cm³/mol. The van der Waals surface area contributed by atoms with Crippen molar-refractivity contribution in [2.45, 2.75) is 30.3 Å². The van der Waals surface area contributed by atoms with Gasteiger partial charge in [-0.05, 0) is 48.7 Å². The molecule has 0 bridgehead atoms. The third-order valence-electron chi connectivity index (χ3n) is 4.40. The highest BCUT2D eigenvalue weighted by atomic mass is 32.2. The van der Waals surface area contributed by atoms with Crippen LogP contribution in [-0.4, -0.2) is 43.3 Å². The van der Waals surface area contributed by atoms with Gasteiger partial charge >= 0.3 is 0 Å². The molecule has 0 saturated carbocycles. The first kappa shape index (κ1) is 19.2. The van der Waals surface area contributed by atoms with Crippen LogP contribution in [0.1, 0.15) is 18.4 Å². The van der Waals surface area contributed by atoms with E-state index < -0.39 is 21.9 Å². The lowest BCUT2D eigenvalue weighted by Crippen LogP contribution is -2.45. The topological polar surface area (TPSA) is 88.6 Å². The summed E-state index contributed by atoms with van der Waals surface area (Å²) in [5.74, 6) is -0.450. The number of halogens is 1. The molecular weight excluding hydrogens is 373 g/mol. The lowest BCUT2D eigenvalue weighted by molar-refractivity contribution is -0.124. The number of amides is 1. The first-order valence-corrected chi connectivity index (χ1v) is 9.90. The zero-order chi connectivity index (χ0) is 19.4. The van der Waals surface area contributed by atoms with E-state index in [0.717, 1.165) is 17.7 Å². The Hall–Kier alpha value is -2.52. The van der Waals surface area contributed by atoms with Gasteiger partial charge in [-0.1, -0.05) is 0 Å². The maximum absolute atomic E-state index is 13.1. The molecule has 0 spiro atoms. The summed E-state index contributed by atoms with van der Waals surface area (Å²) < 4.78 is 44.9. The summed E-state index contributed by atoms with van der Waals surface area (Å²) in [6, 6.07) is 7.25. The van der Waals surface area contributed by atoms with Crippen LogP contribution in [0.4, 0.5) is 4.39 Å². The molecule has 0 radical (unpaired) electrons. The Morgan fingerprint density at radius 1 is 1.33 bits per heavy atom. The number of rotatable bonds is 6. The molecule has 9 heteroatoms. The van der Waals surface area contributed by atoms with Crippen LogP contribution < -0.4 is 10.1 Å². The molecule has 0 aliphatic carbocycles. The Labute approximate surface area is 157 Å². The minimum atomic E-state index is -3.87. The SMILES string of the molecule is COc1cc(CNC(=O)C2CCCN2S(=O)(=O)c2ccc(F)cc2)ccn1. The van der Waals surface area contributed by atoms with Crippen molar-refractivity contribution in [3.8, 4) is 5.88 Å². The van der Waals surface area contributed by atoms with Crippen LogP contribution in [0.15, 0.2) is 47.5 Å². The minimum Gasteiger partial charge on any atom is -0.481 e. The molecule has 1 amide bonds. The van der Waals surface area contributed by atoms with E-state index in [1.807, 2.05) is 0 Å². The van der Waals surface area contributed by atoms with E-state index in [2.05, 4.69) is 10.3 Å². The van der Waals surface area contributed by atoms with Crippen molar-refractivity contribution in [1.82, 2.24) is 14.6 Å². The average molecular weight is 393 g/mol. The molecule has 2 aromatic rings. The zero-order valence-corrected chi connectivity index (χ0v) is 15.6. The van der Waals surface area contributed by atoms with Crippen molar-refractivity contribution in [1.29, 1.82) is 0 Å². The molecule has 1 aliphatic rings. The van der Waals surface area contributed by atoms with Crippen LogP contribution in [0.3, 0.4) is 0 Å². The quantitative estimate of drug-likeness (QED) is 0.807. The number of carbonyl (C=O) groups excluding carboxylic acids is 1. The number of hydrogen-bond donors (Lipinski definition) is 1. The molecule has 2 heterocycles. The highest BCUT2D eigenvalue weighted by Crippen LogP contribution is 2.26. The molecule has 1 N–H and O–H groups in total. The number of pyridine rings is 1. The van der Waals surface area contributed by atoms with Crippen LogP contribution in [0, 0.1) is 5.82 Å². The van der Waals surface area contributed by atoms with Gasteiger partial charge in [-0.15, -0.1) is 0 Å². The van der Waals surface area contributed by atoms with E-state index in [1.54, 1.807) is 18.3 Å². The summed E-state index contributed by atoms with van der Waals surface area (Å²) in [7, 11) is -2.37. The summed E-state index contributed by atoms with van der Waals surface area (Å²) >= 11 is 0. The van der Waals surface area contributed by atoms with Gasteiger partial charge in [0.05, 0.1) is 12.0 Å². The van der Waals surface area contributed by atoms with E-state index >= 15 is 0 Å².